The van der Waals surface area contributed by atoms with Crippen LogP contribution in [0.5, 0.6) is 5.75 Å². The van der Waals surface area contributed by atoms with Crippen LogP contribution in [0.1, 0.15) is 24.0 Å². The van der Waals surface area contributed by atoms with Gasteiger partial charge in [-0.15, -0.1) is 0 Å². The van der Waals surface area contributed by atoms with Crippen molar-refractivity contribution in [3.05, 3.63) is 52.5 Å². The van der Waals surface area contributed by atoms with Crippen LogP contribution in [0.4, 0.5) is 26.3 Å². The lowest BCUT2D eigenvalue weighted by Crippen LogP contribution is -2.41. The number of rotatable bonds is 5. The predicted octanol–water partition coefficient (Wildman–Crippen LogP) is 6.10. The molecule has 2 aromatic rings. The highest BCUT2D eigenvalue weighted by molar-refractivity contribution is 6.32. The van der Waals surface area contributed by atoms with Gasteiger partial charge >= 0.3 is 18.3 Å². The molecular weight excluding hydrogens is 466 g/mol. The molecule has 2 aromatic carbocycles. The molecule has 3 rings (SSSR count). The summed E-state index contributed by atoms with van der Waals surface area (Å²) in [6, 6.07) is 6.20. The van der Waals surface area contributed by atoms with E-state index >= 15 is 0 Å². The number of carbonyl (C=O) groups is 1. The summed E-state index contributed by atoms with van der Waals surface area (Å²) in [4.78, 5) is 12.1. The number of aliphatic carboxylic acids is 1. The van der Waals surface area contributed by atoms with Crippen LogP contribution in [-0.2, 0) is 21.1 Å². The standard InChI is InChI=1S/C21H17ClF6O4/c22-16-10-14(19(18(29)30)5-7-31-8-6-19)9-15(17(16)32-11-20(23,24)25)12-1-3-13(4-2-12)21(26,27)28/h1-4,9-10H,5-8,11H2,(H,29,30). The Hall–Kier alpha value is -2.46. The van der Waals surface area contributed by atoms with E-state index in [1.165, 1.54) is 12.1 Å². The van der Waals surface area contributed by atoms with Crippen LogP contribution in [0.25, 0.3) is 11.1 Å². The van der Waals surface area contributed by atoms with Gasteiger partial charge in [-0.2, -0.15) is 26.3 Å². The van der Waals surface area contributed by atoms with Gasteiger partial charge in [-0.25, -0.2) is 0 Å². The Morgan fingerprint density at radius 2 is 1.66 bits per heavy atom. The minimum atomic E-state index is -4.69. The first-order chi connectivity index (χ1) is 14.8. The van der Waals surface area contributed by atoms with Gasteiger partial charge < -0.3 is 14.6 Å². The third-order valence-electron chi connectivity index (χ3n) is 5.26. The maximum atomic E-state index is 12.9. The fourth-order valence-electron chi connectivity index (χ4n) is 3.57. The average molecular weight is 483 g/mol. The van der Waals surface area contributed by atoms with E-state index < -0.39 is 41.7 Å². The molecule has 0 bridgehead atoms. The molecule has 4 nitrogen and oxygen atoms in total. The van der Waals surface area contributed by atoms with Crippen LogP contribution in [0.3, 0.4) is 0 Å². The van der Waals surface area contributed by atoms with Crippen molar-refractivity contribution in [2.24, 2.45) is 0 Å². The molecule has 1 N–H and O–H groups in total. The number of carboxylic acids is 1. The Morgan fingerprint density at radius 1 is 1.06 bits per heavy atom. The van der Waals surface area contributed by atoms with Gasteiger partial charge in [0.2, 0.25) is 0 Å². The molecule has 0 aliphatic carbocycles. The van der Waals surface area contributed by atoms with Gasteiger partial charge in [-0.1, -0.05) is 23.7 Å². The molecule has 174 valence electrons. The number of carboxylic acid groups (broad SMARTS) is 1. The highest BCUT2D eigenvalue weighted by Gasteiger charge is 2.43. The van der Waals surface area contributed by atoms with Gasteiger partial charge in [-0.05, 0) is 48.2 Å². The van der Waals surface area contributed by atoms with Crippen LogP contribution < -0.4 is 4.74 Å². The number of halogens is 7. The molecule has 0 spiro atoms. The molecule has 32 heavy (non-hydrogen) atoms. The van der Waals surface area contributed by atoms with Crippen LogP contribution >= 0.6 is 11.6 Å². The summed E-state index contributed by atoms with van der Waals surface area (Å²) in [6.07, 6.45) is -9.12. The second-order valence-electron chi connectivity index (χ2n) is 7.31. The maximum absolute atomic E-state index is 12.9. The molecule has 1 aliphatic rings. The van der Waals surface area contributed by atoms with Crippen molar-refractivity contribution >= 4 is 17.6 Å². The van der Waals surface area contributed by atoms with Crippen molar-refractivity contribution in [1.29, 1.82) is 0 Å². The Bertz CT molecular complexity index is 980. The van der Waals surface area contributed by atoms with Gasteiger partial charge in [0.1, 0.15) is 5.75 Å². The highest BCUT2D eigenvalue weighted by Crippen LogP contribution is 2.44. The summed E-state index contributed by atoms with van der Waals surface area (Å²) in [5, 5.41) is 9.61. The summed E-state index contributed by atoms with van der Waals surface area (Å²) in [7, 11) is 0. The zero-order valence-electron chi connectivity index (χ0n) is 16.3. The monoisotopic (exact) mass is 482 g/mol. The second kappa shape index (κ2) is 8.82. The topological polar surface area (TPSA) is 55.8 Å². The van der Waals surface area contributed by atoms with Crippen molar-refractivity contribution in [3.8, 4) is 16.9 Å². The van der Waals surface area contributed by atoms with Gasteiger partial charge in [0.05, 0.1) is 16.0 Å². The number of hydrogen-bond donors (Lipinski definition) is 1. The molecule has 0 radical (unpaired) electrons. The van der Waals surface area contributed by atoms with Crippen LogP contribution in [0.15, 0.2) is 36.4 Å². The van der Waals surface area contributed by atoms with E-state index in [2.05, 4.69) is 0 Å². The Labute approximate surface area is 183 Å². The van der Waals surface area contributed by atoms with E-state index in [0.717, 1.165) is 24.3 Å². The van der Waals surface area contributed by atoms with Crippen molar-refractivity contribution in [1.82, 2.24) is 0 Å². The number of benzene rings is 2. The fraction of sp³-hybridized carbons (Fsp3) is 0.381. The smallest absolute Gasteiger partial charge is 0.422 e. The Kier molecular flexibility index (Phi) is 6.67. The maximum Gasteiger partial charge on any atom is 0.422 e. The number of alkyl halides is 6. The lowest BCUT2D eigenvalue weighted by molar-refractivity contribution is -0.153. The molecule has 0 amide bonds. The average Bonchev–Trinajstić information content (AvgIpc) is 2.71. The van der Waals surface area contributed by atoms with E-state index in [1.54, 1.807) is 0 Å². The van der Waals surface area contributed by atoms with Crippen molar-refractivity contribution in [2.75, 3.05) is 19.8 Å². The number of ether oxygens (including phenoxy) is 2. The highest BCUT2D eigenvalue weighted by atomic mass is 35.5. The molecule has 0 saturated carbocycles. The van der Waals surface area contributed by atoms with Crippen LogP contribution in [0.2, 0.25) is 5.02 Å². The zero-order valence-corrected chi connectivity index (χ0v) is 17.1. The van der Waals surface area contributed by atoms with Gasteiger partial charge in [0, 0.05) is 18.8 Å². The first-order valence-electron chi connectivity index (χ1n) is 9.36. The van der Waals surface area contributed by atoms with E-state index in [9.17, 15) is 36.2 Å². The largest absolute Gasteiger partial charge is 0.482 e. The molecule has 1 fully saturated rings. The molecule has 1 heterocycles. The molecule has 0 atom stereocenters. The van der Waals surface area contributed by atoms with Crippen molar-refractivity contribution in [2.45, 2.75) is 30.6 Å². The first kappa shape index (κ1) is 24.2. The van der Waals surface area contributed by atoms with Crippen LogP contribution in [-0.4, -0.2) is 37.1 Å². The molecule has 1 saturated heterocycles. The van der Waals surface area contributed by atoms with E-state index in [4.69, 9.17) is 21.1 Å². The normalized spacial score (nSPS) is 16.6. The quantitative estimate of drug-likeness (QED) is 0.523. The summed E-state index contributed by atoms with van der Waals surface area (Å²) < 4.78 is 87.1. The third-order valence-corrected chi connectivity index (χ3v) is 5.54. The molecule has 0 aromatic heterocycles. The predicted molar refractivity (Wildman–Crippen MR) is 103 cm³/mol. The molecule has 1 aliphatic heterocycles. The lowest BCUT2D eigenvalue weighted by Gasteiger charge is -2.34. The number of hydrogen-bond acceptors (Lipinski definition) is 3. The second-order valence-corrected chi connectivity index (χ2v) is 7.72. The third kappa shape index (κ3) is 5.12. The zero-order chi connectivity index (χ0) is 23.7. The lowest BCUT2D eigenvalue weighted by atomic mass is 9.73. The fourth-order valence-corrected chi connectivity index (χ4v) is 3.84. The van der Waals surface area contributed by atoms with Gasteiger partial charge in [0.25, 0.3) is 0 Å². The summed E-state index contributed by atoms with van der Waals surface area (Å²) >= 11 is 6.21. The minimum Gasteiger partial charge on any atom is -0.482 e. The summed E-state index contributed by atoms with van der Waals surface area (Å²) in [5.74, 6) is -1.57. The van der Waals surface area contributed by atoms with E-state index in [0.29, 0.717) is 0 Å². The van der Waals surface area contributed by atoms with Gasteiger partial charge in [0.15, 0.2) is 6.61 Å². The van der Waals surface area contributed by atoms with Gasteiger partial charge in [-0.3, -0.25) is 4.79 Å². The van der Waals surface area contributed by atoms with E-state index in [-0.39, 0.29) is 47.8 Å². The molecular formula is C21H17ClF6O4. The molecule has 0 unspecified atom stereocenters. The Morgan fingerprint density at radius 3 is 2.16 bits per heavy atom. The summed E-state index contributed by atoms with van der Waals surface area (Å²) in [6.45, 7) is -1.39. The van der Waals surface area contributed by atoms with E-state index in [1.807, 2.05) is 0 Å². The van der Waals surface area contributed by atoms with Crippen LogP contribution in [0, 0.1) is 0 Å². The van der Waals surface area contributed by atoms with Crippen molar-refractivity contribution in [3.63, 3.8) is 0 Å². The summed E-state index contributed by atoms with van der Waals surface area (Å²) in [5.41, 5.74) is -2.12. The molecule has 11 heteroatoms. The minimum absolute atomic E-state index is 0.0439. The first-order valence-corrected chi connectivity index (χ1v) is 9.74. The SMILES string of the molecule is O=C(O)C1(c2cc(Cl)c(OCC(F)(F)F)c(-c3ccc(C(F)(F)F)cc3)c2)CCOCC1. The Balaban J connectivity index is 2.16. The van der Waals surface area contributed by atoms with Crippen molar-refractivity contribution < 1.29 is 45.7 Å².